The number of rotatable bonds is 3. The Kier molecular flexibility index (Phi) is 5.12. The molecule has 196 valence electrons. The van der Waals surface area contributed by atoms with Crippen molar-refractivity contribution in [2.24, 2.45) is 0 Å². The van der Waals surface area contributed by atoms with E-state index >= 15 is 0 Å². The topological polar surface area (TPSA) is 72.8 Å². The highest BCUT2D eigenvalue weighted by atomic mass is 35.5. The first-order chi connectivity index (χ1) is 18.7. The molecule has 7 nitrogen and oxygen atoms in total. The van der Waals surface area contributed by atoms with Crippen LogP contribution in [0.25, 0.3) is 5.69 Å². The Bertz CT molecular complexity index is 1740. The van der Waals surface area contributed by atoms with Crippen LogP contribution in [-0.2, 0) is 10.3 Å². The summed E-state index contributed by atoms with van der Waals surface area (Å²) >= 11 is 12.8. The average molecular weight is 560 g/mol. The van der Waals surface area contributed by atoms with Crippen LogP contribution in [0.5, 0.6) is 11.5 Å². The molecule has 0 bridgehead atoms. The van der Waals surface area contributed by atoms with Crippen LogP contribution in [0.3, 0.4) is 0 Å². The van der Waals surface area contributed by atoms with E-state index < -0.39 is 5.54 Å². The van der Waals surface area contributed by atoms with Crippen LogP contribution < -0.4 is 19.7 Å². The summed E-state index contributed by atoms with van der Waals surface area (Å²) in [6.07, 6.45) is 1.81. The van der Waals surface area contributed by atoms with E-state index in [2.05, 4.69) is 5.32 Å². The molecule has 0 saturated heterocycles. The first kappa shape index (κ1) is 24.1. The number of fused-ring (bicyclic) bond motifs is 5. The minimum absolute atomic E-state index is 0.0684. The predicted octanol–water partition coefficient (Wildman–Crippen LogP) is 6.80. The highest BCUT2D eigenvalue weighted by molar-refractivity contribution is 6.32. The zero-order chi connectivity index (χ0) is 27.2. The molecule has 1 N–H and O–H groups in total. The van der Waals surface area contributed by atoms with Gasteiger partial charge in [-0.1, -0.05) is 55.2 Å². The summed E-state index contributed by atoms with van der Waals surface area (Å²) in [5, 5.41) is 3.97. The SMILES string of the molecule is Cc1ccc(Cl)cc1N1C(=O)c2cn(-c3cccc4c3OCO4)c(C(C)C)c2C12C(=O)Nc1cc(Cl)ccc12. The van der Waals surface area contributed by atoms with Crippen molar-refractivity contribution >= 4 is 46.4 Å². The normalized spacial score (nSPS) is 18.8. The fourth-order valence-corrected chi connectivity index (χ4v) is 6.51. The molecule has 4 heterocycles. The van der Waals surface area contributed by atoms with E-state index in [9.17, 15) is 9.59 Å². The molecule has 3 aliphatic heterocycles. The maximum absolute atomic E-state index is 14.5. The Labute approximate surface area is 234 Å². The smallest absolute Gasteiger partial charge is 0.261 e. The standard InChI is InChI=1S/C30H23Cl2N3O4/c1-15(2)26-25-19(13-34(26)22-5-4-6-24-27(22)39-14-38-24)28(36)35(23-12-18(32)8-7-16(23)3)30(25)20-10-9-17(31)11-21(20)33-29(30)37/h4-13,15H,14H2,1-3H3,(H,33,37). The number of halogens is 2. The van der Waals surface area contributed by atoms with Crippen molar-refractivity contribution in [3.63, 3.8) is 0 Å². The van der Waals surface area contributed by atoms with E-state index in [1.54, 1.807) is 29.2 Å². The van der Waals surface area contributed by atoms with Crippen molar-refractivity contribution < 1.29 is 19.1 Å². The molecule has 4 aromatic rings. The van der Waals surface area contributed by atoms with Crippen LogP contribution in [0.2, 0.25) is 10.0 Å². The molecule has 0 aliphatic carbocycles. The molecule has 0 saturated carbocycles. The van der Waals surface area contributed by atoms with Gasteiger partial charge in [-0.15, -0.1) is 0 Å². The van der Waals surface area contributed by atoms with Gasteiger partial charge in [-0.05, 0) is 54.8 Å². The molecular formula is C30H23Cl2N3O4. The first-order valence-corrected chi connectivity index (χ1v) is 13.4. The van der Waals surface area contributed by atoms with E-state index in [-0.39, 0.29) is 24.5 Å². The summed E-state index contributed by atoms with van der Waals surface area (Å²) in [4.78, 5) is 30.4. The van der Waals surface area contributed by atoms with Gasteiger partial charge in [0.2, 0.25) is 6.79 Å². The number of aryl methyl sites for hydroxylation is 1. The van der Waals surface area contributed by atoms with Gasteiger partial charge in [0.05, 0.1) is 16.9 Å². The average Bonchev–Trinajstić information content (AvgIpc) is 3.64. The maximum atomic E-state index is 14.5. The third-order valence-electron chi connectivity index (χ3n) is 7.72. The van der Waals surface area contributed by atoms with E-state index in [1.165, 1.54) is 0 Å². The van der Waals surface area contributed by atoms with Gasteiger partial charge in [0, 0.05) is 38.8 Å². The van der Waals surface area contributed by atoms with E-state index in [4.69, 9.17) is 32.7 Å². The lowest BCUT2D eigenvalue weighted by Crippen LogP contribution is -2.51. The molecule has 1 spiro atoms. The van der Waals surface area contributed by atoms with Gasteiger partial charge in [-0.2, -0.15) is 0 Å². The van der Waals surface area contributed by atoms with Crippen molar-refractivity contribution in [1.29, 1.82) is 0 Å². The van der Waals surface area contributed by atoms with Gasteiger partial charge in [-0.25, -0.2) is 0 Å². The molecular weight excluding hydrogens is 537 g/mol. The fourth-order valence-electron chi connectivity index (χ4n) is 6.17. The highest BCUT2D eigenvalue weighted by Crippen LogP contribution is 2.56. The maximum Gasteiger partial charge on any atom is 0.261 e. The summed E-state index contributed by atoms with van der Waals surface area (Å²) in [7, 11) is 0. The molecule has 0 fully saturated rings. The Hall–Kier alpha value is -3.94. The predicted molar refractivity (Wildman–Crippen MR) is 150 cm³/mol. The molecule has 1 unspecified atom stereocenters. The van der Waals surface area contributed by atoms with Gasteiger partial charge in [-0.3, -0.25) is 14.5 Å². The van der Waals surface area contributed by atoms with Gasteiger partial charge < -0.3 is 19.4 Å². The second kappa shape index (κ2) is 8.28. The van der Waals surface area contributed by atoms with Crippen LogP contribution in [0, 0.1) is 6.92 Å². The molecule has 0 radical (unpaired) electrons. The zero-order valence-corrected chi connectivity index (χ0v) is 22.9. The van der Waals surface area contributed by atoms with Crippen molar-refractivity contribution in [1.82, 2.24) is 4.57 Å². The molecule has 2 amide bonds. The molecule has 3 aliphatic rings. The summed E-state index contributed by atoms with van der Waals surface area (Å²) < 4.78 is 13.4. The Balaban J connectivity index is 1.59. The van der Waals surface area contributed by atoms with Crippen LogP contribution in [0.15, 0.2) is 60.8 Å². The number of amides is 2. The highest BCUT2D eigenvalue weighted by Gasteiger charge is 2.63. The lowest BCUT2D eigenvalue weighted by molar-refractivity contribution is -0.119. The summed E-state index contributed by atoms with van der Waals surface area (Å²) in [5.41, 5.74) is 3.77. The van der Waals surface area contributed by atoms with Crippen LogP contribution in [0.1, 0.15) is 52.5 Å². The zero-order valence-electron chi connectivity index (χ0n) is 21.3. The third kappa shape index (κ3) is 3.11. The van der Waals surface area contributed by atoms with E-state index in [1.807, 2.05) is 61.9 Å². The van der Waals surface area contributed by atoms with E-state index in [0.717, 1.165) is 16.9 Å². The van der Waals surface area contributed by atoms with Gasteiger partial charge in [0.1, 0.15) is 0 Å². The number of carbonyl (C=O) groups excluding carboxylic acids is 2. The molecule has 7 rings (SSSR count). The quantitative estimate of drug-likeness (QED) is 0.299. The summed E-state index contributed by atoms with van der Waals surface area (Å²) in [6.45, 7) is 6.12. The number of anilines is 2. The molecule has 9 heteroatoms. The van der Waals surface area contributed by atoms with Gasteiger partial charge in [0.25, 0.3) is 11.8 Å². The summed E-state index contributed by atoms with van der Waals surface area (Å²) in [6, 6.07) is 16.3. The molecule has 1 aromatic heterocycles. The minimum Gasteiger partial charge on any atom is -0.454 e. The summed E-state index contributed by atoms with van der Waals surface area (Å²) in [5.74, 6) is 0.538. The van der Waals surface area contributed by atoms with Gasteiger partial charge >= 0.3 is 0 Å². The number of benzene rings is 3. The van der Waals surface area contributed by atoms with E-state index in [0.29, 0.717) is 49.6 Å². The van der Waals surface area contributed by atoms with Crippen molar-refractivity contribution in [3.8, 4) is 17.2 Å². The fraction of sp³-hybridized carbons (Fsp3) is 0.200. The number of hydrogen-bond acceptors (Lipinski definition) is 4. The Morgan fingerprint density at radius 1 is 0.974 bits per heavy atom. The van der Waals surface area contributed by atoms with Crippen molar-refractivity contribution in [3.05, 3.63) is 98.8 Å². The Morgan fingerprint density at radius 3 is 2.54 bits per heavy atom. The largest absolute Gasteiger partial charge is 0.454 e. The Morgan fingerprint density at radius 2 is 1.74 bits per heavy atom. The van der Waals surface area contributed by atoms with Crippen LogP contribution in [-0.4, -0.2) is 23.2 Å². The number of para-hydroxylation sites is 1. The lowest BCUT2D eigenvalue weighted by Gasteiger charge is -2.36. The van der Waals surface area contributed by atoms with Crippen LogP contribution in [0.4, 0.5) is 11.4 Å². The second-order valence-corrected chi connectivity index (χ2v) is 11.1. The molecule has 39 heavy (non-hydrogen) atoms. The number of aromatic nitrogens is 1. The molecule has 3 aromatic carbocycles. The minimum atomic E-state index is -1.47. The molecule has 1 atom stereocenters. The number of nitrogens with zero attached hydrogens (tertiary/aromatic N) is 2. The third-order valence-corrected chi connectivity index (χ3v) is 8.19. The second-order valence-electron chi connectivity index (χ2n) is 10.3. The lowest BCUT2D eigenvalue weighted by atomic mass is 9.81. The van der Waals surface area contributed by atoms with Crippen molar-refractivity contribution in [2.45, 2.75) is 32.2 Å². The number of hydrogen-bond donors (Lipinski definition) is 1. The number of nitrogens with one attached hydrogen (secondary N) is 1. The first-order valence-electron chi connectivity index (χ1n) is 12.6. The number of ether oxygens (including phenoxy) is 2. The monoisotopic (exact) mass is 559 g/mol. The van der Waals surface area contributed by atoms with Crippen LogP contribution >= 0.6 is 23.2 Å². The van der Waals surface area contributed by atoms with Gasteiger partial charge in [0.15, 0.2) is 17.0 Å². The van der Waals surface area contributed by atoms with Crippen molar-refractivity contribution in [2.75, 3.05) is 17.0 Å². The number of carbonyl (C=O) groups is 2.